The van der Waals surface area contributed by atoms with Gasteiger partial charge >= 0.3 is 0 Å². The van der Waals surface area contributed by atoms with Crippen molar-refractivity contribution in [3.8, 4) is 6.07 Å². The van der Waals surface area contributed by atoms with E-state index in [0.717, 1.165) is 42.8 Å². The van der Waals surface area contributed by atoms with Crippen LogP contribution in [0.1, 0.15) is 42.6 Å². The molecule has 2 rings (SSSR count). The molecule has 2 unspecified atom stereocenters. The van der Waals surface area contributed by atoms with Gasteiger partial charge < -0.3 is 10.4 Å². The van der Waals surface area contributed by atoms with Crippen LogP contribution in [0, 0.1) is 25.2 Å². The van der Waals surface area contributed by atoms with Crippen molar-refractivity contribution < 1.29 is 5.11 Å². The molecule has 1 saturated carbocycles. The molecular formula is C14H19N3O. The molecule has 0 radical (unpaired) electrons. The van der Waals surface area contributed by atoms with Crippen molar-refractivity contribution in [2.45, 2.75) is 51.7 Å². The Morgan fingerprint density at radius 1 is 1.39 bits per heavy atom. The quantitative estimate of drug-likeness (QED) is 0.838. The number of rotatable bonds is 2. The van der Waals surface area contributed by atoms with Crippen LogP contribution in [0.25, 0.3) is 0 Å². The normalized spacial score (nSPS) is 23.4. The van der Waals surface area contributed by atoms with Crippen molar-refractivity contribution in [1.29, 1.82) is 5.26 Å². The summed E-state index contributed by atoms with van der Waals surface area (Å²) in [5.41, 5.74) is 3.01. The molecule has 0 bridgehead atoms. The van der Waals surface area contributed by atoms with E-state index in [9.17, 15) is 10.4 Å². The molecule has 1 aliphatic carbocycles. The lowest BCUT2D eigenvalue weighted by Crippen LogP contribution is -2.36. The molecule has 1 aliphatic rings. The average molecular weight is 245 g/mol. The lowest BCUT2D eigenvalue weighted by atomic mass is 9.92. The molecule has 96 valence electrons. The van der Waals surface area contributed by atoms with Crippen LogP contribution in [0.2, 0.25) is 0 Å². The van der Waals surface area contributed by atoms with Gasteiger partial charge in [0.25, 0.3) is 0 Å². The van der Waals surface area contributed by atoms with E-state index in [2.05, 4.69) is 16.4 Å². The molecule has 0 aromatic carbocycles. The summed E-state index contributed by atoms with van der Waals surface area (Å²) >= 11 is 0. The largest absolute Gasteiger partial charge is 0.391 e. The SMILES string of the molecule is Cc1cc(NC2CCCCC2O)c(C#N)c(C)n1. The molecule has 2 atom stereocenters. The molecule has 18 heavy (non-hydrogen) atoms. The summed E-state index contributed by atoms with van der Waals surface area (Å²) in [6.07, 6.45) is 3.67. The van der Waals surface area contributed by atoms with Gasteiger partial charge in [0.05, 0.1) is 29.1 Å². The van der Waals surface area contributed by atoms with Crippen LogP contribution >= 0.6 is 0 Å². The van der Waals surface area contributed by atoms with Crippen LogP contribution < -0.4 is 5.32 Å². The Kier molecular flexibility index (Phi) is 3.83. The van der Waals surface area contributed by atoms with Gasteiger partial charge in [0, 0.05) is 5.69 Å². The maximum atomic E-state index is 9.97. The number of anilines is 1. The number of hydrogen-bond acceptors (Lipinski definition) is 4. The Hall–Kier alpha value is -1.60. The first-order valence-corrected chi connectivity index (χ1v) is 6.44. The molecule has 0 spiro atoms. The summed E-state index contributed by atoms with van der Waals surface area (Å²) in [5.74, 6) is 0. The molecule has 4 nitrogen and oxygen atoms in total. The fourth-order valence-electron chi connectivity index (χ4n) is 2.56. The molecule has 2 N–H and O–H groups in total. The van der Waals surface area contributed by atoms with Gasteiger partial charge in [0.1, 0.15) is 6.07 Å². The zero-order valence-electron chi connectivity index (χ0n) is 10.9. The van der Waals surface area contributed by atoms with Crippen LogP contribution in [0.3, 0.4) is 0 Å². The van der Waals surface area contributed by atoms with E-state index in [1.807, 2.05) is 19.9 Å². The highest BCUT2D eigenvalue weighted by molar-refractivity contribution is 5.60. The number of hydrogen-bond donors (Lipinski definition) is 2. The van der Waals surface area contributed by atoms with Gasteiger partial charge in [0.15, 0.2) is 0 Å². The fourth-order valence-corrected chi connectivity index (χ4v) is 2.56. The molecule has 1 heterocycles. The van der Waals surface area contributed by atoms with Crippen LogP contribution in [0.5, 0.6) is 0 Å². The van der Waals surface area contributed by atoms with Crippen molar-refractivity contribution in [3.05, 3.63) is 23.0 Å². The summed E-state index contributed by atoms with van der Waals surface area (Å²) in [7, 11) is 0. The number of aromatic nitrogens is 1. The van der Waals surface area contributed by atoms with Crippen molar-refractivity contribution >= 4 is 5.69 Å². The van der Waals surface area contributed by atoms with E-state index in [1.165, 1.54) is 0 Å². The number of pyridine rings is 1. The number of aliphatic hydroxyl groups excluding tert-OH is 1. The van der Waals surface area contributed by atoms with Gasteiger partial charge in [-0.1, -0.05) is 12.8 Å². The summed E-state index contributed by atoms with van der Waals surface area (Å²) < 4.78 is 0. The van der Waals surface area contributed by atoms with E-state index >= 15 is 0 Å². The first-order valence-electron chi connectivity index (χ1n) is 6.44. The average Bonchev–Trinajstić information content (AvgIpc) is 2.31. The fraction of sp³-hybridized carbons (Fsp3) is 0.571. The first kappa shape index (κ1) is 12.8. The van der Waals surface area contributed by atoms with Gasteiger partial charge in [-0.05, 0) is 32.8 Å². The second-order valence-electron chi connectivity index (χ2n) is 4.99. The second-order valence-corrected chi connectivity index (χ2v) is 4.99. The highest BCUT2D eigenvalue weighted by atomic mass is 16.3. The third-order valence-electron chi connectivity index (χ3n) is 3.51. The Morgan fingerprint density at radius 2 is 2.11 bits per heavy atom. The standard InChI is InChI=1S/C14H19N3O/c1-9-7-13(11(8-15)10(2)16-9)17-12-5-3-4-6-14(12)18/h7,12,14,18H,3-6H2,1-2H3,(H,16,17). The zero-order valence-corrected chi connectivity index (χ0v) is 10.9. The Bertz CT molecular complexity index is 479. The molecular weight excluding hydrogens is 226 g/mol. The maximum absolute atomic E-state index is 9.97. The van der Waals surface area contributed by atoms with Gasteiger partial charge in [-0.2, -0.15) is 5.26 Å². The van der Waals surface area contributed by atoms with Crippen molar-refractivity contribution in [2.24, 2.45) is 0 Å². The predicted molar refractivity (Wildman–Crippen MR) is 70.3 cm³/mol. The van der Waals surface area contributed by atoms with Crippen LogP contribution in [-0.2, 0) is 0 Å². The lowest BCUT2D eigenvalue weighted by molar-refractivity contribution is 0.116. The maximum Gasteiger partial charge on any atom is 0.103 e. The van der Waals surface area contributed by atoms with Gasteiger partial charge in [-0.25, -0.2) is 0 Å². The highest BCUT2D eigenvalue weighted by Crippen LogP contribution is 2.25. The van der Waals surface area contributed by atoms with E-state index in [1.54, 1.807) is 0 Å². The molecule has 0 saturated heterocycles. The van der Waals surface area contributed by atoms with E-state index in [-0.39, 0.29) is 12.1 Å². The predicted octanol–water partition coefficient (Wildman–Crippen LogP) is 2.29. The van der Waals surface area contributed by atoms with Gasteiger partial charge in [0.2, 0.25) is 0 Å². The summed E-state index contributed by atoms with van der Waals surface area (Å²) in [6, 6.07) is 4.12. The smallest absolute Gasteiger partial charge is 0.103 e. The lowest BCUT2D eigenvalue weighted by Gasteiger charge is -2.29. The summed E-state index contributed by atoms with van der Waals surface area (Å²) in [5, 5.41) is 22.5. The first-order chi connectivity index (χ1) is 8.61. The molecule has 0 amide bonds. The van der Waals surface area contributed by atoms with Crippen LogP contribution in [0.15, 0.2) is 6.07 Å². The Balaban J connectivity index is 2.25. The number of nitrogens with one attached hydrogen (secondary N) is 1. The summed E-state index contributed by atoms with van der Waals surface area (Å²) in [6.45, 7) is 3.75. The molecule has 4 heteroatoms. The zero-order chi connectivity index (χ0) is 13.1. The minimum atomic E-state index is -0.320. The van der Waals surface area contributed by atoms with E-state index in [0.29, 0.717) is 5.56 Å². The monoisotopic (exact) mass is 245 g/mol. The van der Waals surface area contributed by atoms with Crippen molar-refractivity contribution in [3.63, 3.8) is 0 Å². The molecule has 1 fully saturated rings. The second kappa shape index (κ2) is 5.36. The number of nitrogens with zero attached hydrogens (tertiary/aromatic N) is 2. The highest BCUT2D eigenvalue weighted by Gasteiger charge is 2.23. The third-order valence-corrected chi connectivity index (χ3v) is 3.51. The molecule has 1 aromatic heterocycles. The van der Waals surface area contributed by atoms with Crippen molar-refractivity contribution in [1.82, 2.24) is 4.98 Å². The molecule has 1 aromatic rings. The Labute approximate surface area is 108 Å². The van der Waals surface area contributed by atoms with Crippen LogP contribution in [-0.4, -0.2) is 22.2 Å². The topological polar surface area (TPSA) is 68.9 Å². The number of nitriles is 1. The van der Waals surface area contributed by atoms with Crippen LogP contribution in [0.4, 0.5) is 5.69 Å². The van der Waals surface area contributed by atoms with E-state index in [4.69, 9.17) is 0 Å². The van der Waals surface area contributed by atoms with Gasteiger partial charge in [-0.15, -0.1) is 0 Å². The van der Waals surface area contributed by atoms with Crippen molar-refractivity contribution in [2.75, 3.05) is 5.32 Å². The Morgan fingerprint density at radius 3 is 2.78 bits per heavy atom. The third kappa shape index (κ3) is 2.62. The summed E-state index contributed by atoms with van der Waals surface area (Å²) in [4.78, 5) is 4.29. The molecule has 0 aliphatic heterocycles. The minimum Gasteiger partial charge on any atom is -0.391 e. The number of aryl methyl sites for hydroxylation is 2. The minimum absolute atomic E-state index is 0.0482. The number of aliphatic hydroxyl groups is 1. The van der Waals surface area contributed by atoms with Gasteiger partial charge in [-0.3, -0.25) is 4.98 Å². The van der Waals surface area contributed by atoms with E-state index < -0.39 is 0 Å².